The van der Waals surface area contributed by atoms with Crippen molar-refractivity contribution in [1.82, 2.24) is 4.57 Å². The van der Waals surface area contributed by atoms with Gasteiger partial charge in [-0.3, -0.25) is 4.79 Å². The number of halogens is 2. The molecule has 0 spiro atoms. The van der Waals surface area contributed by atoms with E-state index in [1.807, 2.05) is 6.07 Å². The lowest BCUT2D eigenvalue weighted by Crippen LogP contribution is -2.24. The lowest BCUT2D eigenvalue weighted by atomic mass is 10.2. The molecule has 0 aliphatic heterocycles. The van der Waals surface area contributed by atoms with Gasteiger partial charge in [0, 0.05) is 10.2 Å². The van der Waals surface area contributed by atoms with E-state index in [2.05, 4.69) is 15.9 Å². The Morgan fingerprint density at radius 3 is 2.74 bits per heavy atom. The van der Waals surface area contributed by atoms with Crippen LogP contribution in [0.3, 0.4) is 0 Å². The van der Waals surface area contributed by atoms with E-state index in [-0.39, 0.29) is 23.5 Å². The van der Waals surface area contributed by atoms with Gasteiger partial charge in [0.1, 0.15) is 17.4 Å². The van der Waals surface area contributed by atoms with Gasteiger partial charge in [-0.25, -0.2) is 4.39 Å². The molecule has 0 amide bonds. The van der Waals surface area contributed by atoms with Gasteiger partial charge in [-0.15, -0.1) is 0 Å². The van der Waals surface area contributed by atoms with Crippen LogP contribution in [-0.2, 0) is 6.54 Å². The largest absolute Gasteiger partial charge is 0.307 e. The molecule has 1 heterocycles. The Morgan fingerprint density at radius 2 is 2.11 bits per heavy atom. The second-order valence-corrected chi connectivity index (χ2v) is 5.08. The zero-order valence-corrected chi connectivity index (χ0v) is 11.7. The lowest BCUT2D eigenvalue weighted by Gasteiger charge is -2.10. The Bertz CT molecular complexity index is 711. The van der Waals surface area contributed by atoms with Crippen molar-refractivity contribution in [3.8, 4) is 6.07 Å². The summed E-state index contributed by atoms with van der Waals surface area (Å²) in [5.41, 5.74) is 1.11. The minimum atomic E-state index is -0.369. The van der Waals surface area contributed by atoms with Crippen molar-refractivity contribution in [2.75, 3.05) is 0 Å². The molecule has 2 rings (SSSR count). The Balaban J connectivity index is 2.49. The highest BCUT2D eigenvalue weighted by atomic mass is 79.9. The Labute approximate surface area is 118 Å². The van der Waals surface area contributed by atoms with Crippen molar-refractivity contribution < 1.29 is 4.39 Å². The SMILES string of the molecule is Cc1ccc(C#N)c(=O)n1Cc1cc(F)cc(Br)c1. The molecule has 2 aromatic rings. The molecule has 0 atom stereocenters. The number of aromatic nitrogens is 1. The summed E-state index contributed by atoms with van der Waals surface area (Å²) in [6, 6.07) is 9.52. The average Bonchev–Trinajstić information content (AvgIpc) is 2.33. The van der Waals surface area contributed by atoms with E-state index in [9.17, 15) is 9.18 Å². The highest BCUT2D eigenvalue weighted by Crippen LogP contribution is 2.16. The van der Waals surface area contributed by atoms with Gasteiger partial charge in [-0.2, -0.15) is 5.26 Å². The van der Waals surface area contributed by atoms with Crippen molar-refractivity contribution in [3.05, 3.63) is 67.8 Å². The molecule has 19 heavy (non-hydrogen) atoms. The maximum atomic E-state index is 13.3. The molecule has 0 aliphatic carbocycles. The summed E-state index contributed by atoms with van der Waals surface area (Å²) in [6.45, 7) is 2.01. The Kier molecular flexibility index (Phi) is 3.82. The lowest BCUT2D eigenvalue weighted by molar-refractivity contribution is 0.621. The van der Waals surface area contributed by atoms with E-state index in [0.717, 1.165) is 5.69 Å². The van der Waals surface area contributed by atoms with Gasteiger partial charge in [-0.05, 0) is 42.8 Å². The van der Waals surface area contributed by atoms with Crippen LogP contribution in [-0.4, -0.2) is 4.57 Å². The quantitative estimate of drug-likeness (QED) is 0.854. The van der Waals surface area contributed by atoms with Crippen molar-refractivity contribution in [2.45, 2.75) is 13.5 Å². The molecule has 96 valence electrons. The number of aryl methyl sites for hydroxylation is 1. The van der Waals surface area contributed by atoms with Crippen LogP contribution >= 0.6 is 15.9 Å². The maximum Gasteiger partial charge on any atom is 0.268 e. The van der Waals surface area contributed by atoms with Crippen LogP contribution in [0, 0.1) is 24.1 Å². The standard InChI is InChI=1S/C14H10BrFN2O/c1-9-2-3-11(7-17)14(19)18(9)8-10-4-12(15)6-13(16)5-10/h2-6H,8H2,1H3. The second-order valence-electron chi connectivity index (χ2n) is 4.17. The van der Waals surface area contributed by atoms with Gasteiger partial charge < -0.3 is 4.57 Å². The van der Waals surface area contributed by atoms with Crippen molar-refractivity contribution in [2.24, 2.45) is 0 Å². The first-order chi connectivity index (χ1) is 9.01. The summed E-state index contributed by atoms with van der Waals surface area (Å²) in [6.07, 6.45) is 0. The second kappa shape index (κ2) is 5.37. The highest BCUT2D eigenvalue weighted by Gasteiger charge is 2.07. The van der Waals surface area contributed by atoms with Crippen LogP contribution in [0.1, 0.15) is 16.8 Å². The predicted octanol–water partition coefficient (Wildman–Crippen LogP) is 2.98. The number of nitrogens with zero attached hydrogens (tertiary/aromatic N) is 2. The van der Waals surface area contributed by atoms with E-state index in [0.29, 0.717) is 10.0 Å². The third kappa shape index (κ3) is 2.91. The predicted molar refractivity (Wildman–Crippen MR) is 73.4 cm³/mol. The fourth-order valence-electron chi connectivity index (χ4n) is 1.84. The number of hydrogen-bond donors (Lipinski definition) is 0. The van der Waals surface area contributed by atoms with Crippen LogP contribution in [0.5, 0.6) is 0 Å². The molecule has 0 saturated carbocycles. The van der Waals surface area contributed by atoms with E-state index >= 15 is 0 Å². The van der Waals surface area contributed by atoms with Crippen LogP contribution in [0.25, 0.3) is 0 Å². The molecule has 0 unspecified atom stereocenters. The number of nitriles is 1. The van der Waals surface area contributed by atoms with E-state index < -0.39 is 0 Å². The Morgan fingerprint density at radius 1 is 1.37 bits per heavy atom. The van der Waals surface area contributed by atoms with Crippen molar-refractivity contribution >= 4 is 15.9 Å². The molecule has 0 N–H and O–H groups in total. The minimum absolute atomic E-state index is 0.0843. The van der Waals surface area contributed by atoms with Gasteiger partial charge >= 0.3 is 0 Å². The number of rotatable bonds is 2. The van der Waals surface area contributed by atoms with E-state index in [1.54, 1.807) is 19.1 Å². The summed E-state index contributed by atoms with van der Waals surface area (Å²) in [4.78, 5) is 12.0. The van der Waals surface area contributed by atoms with Crippen LogP contribution < -0.4 is 5.56 Å². The topological polar surface area (TPSA) is 45.8 Å². The Hall–Kier alpha value is -1.93. The van der Waals surface area contributed by atoms with Crippen molar-refractivity contribution in [1.29, 1.82) is 5.26 Å². The first-order valence-electron chi connectivity index (χ1n) is 5.57. The van der Waals surface area contributed by atoms with Gasteiger partial charge in [0.2, 0.25) is 0 Å². The molecule has 0 aliphatic rings. The first kappa shape index (κ1) is 13.5. The molecule has 0 radical (unpaired) electrons. The summed E-state index contributed by atoms with van der Waals surface area (Å²) in [5.74, 6) is -0.369. The summed E-state index contributed by atoms with van der Waals surface area (Å²) in [5, 5.41) is 8.86. The molecule has 0 bridgehead atoms. The highest BCUT2D eigenvalue weighted by molar-refractivity contribution is 9.10. The van der Waals surface area contributed by atoms with E-state index in [4.69, 9.17) is 5.26 Å². The fraction of sp³-hybridized carbons (Fsp3) is 0.143. The fourth-order valence-corrected chi connectivity index (χ4v) is 2.35. The molecule has 1 aromatic carbocycles. The average molecular weight is 321 g/mol. The van der Waals surface area contributed by atoms with Crippen molar-refractivity contribution in [3.63, 3.8) is 0 Å². The molecule has 1 aromatic heterocycles. The summed E-state index contributed by atoms with van der Waals surface area (Å²) < 4.78 is 15.4. The molecule has 0 saturated heterocycles. The zero-order chi connectivity index (χ0) is 14.0. The smallest absolute Gasteiger partial charge is 0.268 e. The molecule has 3 nitrogen and oxygen atoms in total. The number of benzene rings is 1. The molecule has 5 heteroatoms. The van der Waals surface area contributed by atoms with Gasteiger partial charge in [0.05, 0.1) is 6.54 Å². The molecule has 0 fully saturated rings. The number of hydrogen-bond acceptors (Lipinski definition) is 2. The number of pyridine rings is 1. The van der Waals surface area contributed by atoms with E-state index in [1.165, 1.54) is 22.8 Å². The zero-order valence-electron chi connectivity index (χ0n) is 10.2. The van der Waals surface area contributed by atoms with Gasteiger partial charge in [-0.1, -0.05) is 15.9 Å². The maximum absolute atomic E-state index is 13.3. The molecular formula is C14H10BrFN2O. The summed E-state index contributed by atoms with van der Waals surface area (Å²) in [7, 11) is 0. The monoisotopic (exact) mass is 320 g/mol. The van der Waals surface area contributed by atoms with Crippen LogP contribution in [0.2, 0.25) is 0 Å². The van der Waals surface area contributed by atoms with Gasteiger partial charge in [0.15, 0.2) is 0 Å². The third-order valence-corrected chi connectivity index (χ3v) is 3.23. The summed E-state index contributed by atoms with van der Waals surface area (Å²) >= 11 is 3.21. The first-order valence-corrected chi connectivity index (χ1v) is 6.36. The van der Waals surface area contributed by atoms with Gasteiger partial charge in [0.25, 0.3) is 5.56 Å². The molecular weight excluding hydrogens is 311 g/mol. The normalized spacial score (nSPS) is 10.2. The van der Waals surface area contributed by atoms with Crippen LogP contribution in [0.4, 0.5) is 4.39 Å². The minimum Gasteiger partial charge on any atom is -0.307 e. The third-order valence-electron chi connectivity index (χ3n) is 2.78. The van der Waals surface area contributed by atoms with Crippen LogP contribution in [0.15, 0.2) is 39.6 Å².